The van der Waals surface area contributed by atoms with Gasteiger partial charge < -0.3 is 14.7 Å². The molecule has 1 atom stereocenters. The second kappa shape index (κ2) is 6.36. The van der Waals surface area contributed by atoms with Crippen molar-refractivity contribution in [2.45, 2.75) is 44.6 Å². The Kier molecular flexibility index (Phi) is 4.80. The third-order valence-corrected chi connectivity index (χ3v) is 3.94. The van der Waals surface area contributed by atoms with Crippen molar-refractivity contribution in [1.29, 1.82) is 0 Å². The zero-order chi connectivity index (χ0) is 12.1. The quantitative estimate of drug-likeness (QED) is 0.804. The SMILES string of the molecule is O=C(CCC1CCCC1)N1CCOC(CO)C1. The molecule has 1 saturated carbocycles. The molecule has 0 aromatic heterocycles. The lowest BCUT2D eigenvalue weighted by atomic mass is 10.0. The summed E-state index contributed by atoms with van der Waals surface area (Å²) in [6.45, 7) is 1.80. The Bertz CT molecular complexity index is 251. The van der Waals surface area contributed by atoms with Crippen molar-refractivity contribution in [2.75, 3.05) is 26.3 Å². The molecular weight excluding hydrogens is 218 g/mol. The van der Waals surface area contributed by atoms with Crippen LogP contribution in [0.2, 0.25) is 0 Å². The van der Waals surface area contributed by atoms with Crippen LogP contribution in [-0.2, 0) is 9.53 Å². The lowest BCUT2D eigenvalue weighted by molar-refractivity contribution is -0.140. The van der Waals surface area contributed by atoms with Crippen molar-refractivity contribution in [1.82, 2.24) is 4.90 Å². The molecule has 1 aliphatic heterocycles. The fourth-order valence-electron chi connectivity index (χ4n) is 2.84. The zero-order valence-corrected chi connectivity index (χ0v) is 10.4. The van der Waals surface area contributed by atoms with Gasteiger partial charge in [0.05, 0.1) is 19.3 Å². The Labute approximate surface area is 103 Å². The van der Waals surface area contributed by atoms with E-state index in [4.69, 9.17) is 9.84 Å². The van der Waals surface area contributed by atoms with Crippen molar-refractivity contribution >= 4 is 5.91 Å². The molecule has 98 valence electrons. The van der Waals surface area contributed by atoms with Crippen LogP contribution in [0.15, 0.2) is 0 Å². The van der Waals surface area contributed by atoms with Gasteiger partial charge in [-0.05, 0) is 12.3 Å². The molecular formula is C13H23NO3. The first kappa shape index (κ1) is 12.8. The van der Waals surface area contributed by atoms with E-state index in [1.807, 2.05) is 4.90 Å². The van der Waals surface area contributed by atoms with Crippen molar-refractivity contribution in [2.24, 2.45) is 5.92 Å². The summed E-state index contributed by atoms with van der Waals surface area (Å²) in [7, 11) is 0. The monoisotopic (exact) mass is 241 g/mol. The molecule has 0 aromatic carbocycles. The van der Waals surface area contributed by atoms with Gasteiger partial charge in [-0.3, -0.25) is 4.79 Å². The number of hydrogen-bond donors (Lipinski definition) is 1. The van der Waals surface area contributed by atoms with Crippen LogP contribution in [0, 0.1) is 5.92 Å². The minimum Gasteiger partial charge on any atom is -0.394 e. The number of aliphatic hydroxyl groups excluding tert-OH is 1. The van der Waals surface area contributed by atoms with Gasteiger partial charge in [-0.2, -0.15) is 0 Å². The number of rotatable bonds is 4. The maximum absolute atomic E-state index is 12.0. The molecule has 1 amide bonds. The normalized spacial score (nSPS) is 26.4. The molecule has 1 N–H and O–H groups in total. The summed E-state index contributed by atoms with van der Waals surface area (Å²) in [6.07, 6.45) is 6.80. The number of morpholine rings is 1. The van der Waals surface area contributed by atoms with Crippen LogP contribution in [-0.4, -0.2) is 48.3 Å². The number of carbonyl (C=O) groups is 1. The molecule has 2 rings (SSSR count). The summed E-state index contributed by atoms with van der Waals surface area (Å²) in [5, 5.41) is 9.03. The summed E-state index contributed by atoms with van der Waals surface area (Å²) in [5.74, 6) is 1.01. The van der Waals surface area contributed by atoms with Crippen LogP contribution in [0.4, 0.5) is 0 Å². The number of hydrogen-bond acceptors (Lipinski definition) is 3. The molecule has 2 aliphatic rings. The Morgan fingerprint density at radius 2 is 2.12 bits per heavy atom. The van der Waals surface area contributed by atoms with E-state index in [-0.39, 0.29) is 18.6 Å². The van der Waals surface area contributed by atoms with Crippen molar-refractivity contribution in [3.05, 3.63) is 0 Å². The van der Waals surface area contributed by atoms with Crippen molar-refractivity contribution in [3.63, 3.8) is 0 Å². The van der Waals surface area contributed by atoms with Crippen LogP contribution < -0.4 is 0 Å². The molecule has 4 heteroatoms. The molecule has 17 heavy (non-hydrogen) atoms. The predicted molar refractivity (Wildman–Crippen MR) is 64.6 cm³/mol. The smallest absolute Gasteiger partial charge is 0.222 e. The Morgan fingerprint density at radius 1 is 1.35 bits per heavy atom. The van der Waals surface area contributed by atoms with Gasteiger partial charge in [0.25, 0.3) is 0 Å². The topological polar surface area (TPSA) is 49.8 Å². The van der Waals surface area contributed by atoms with E-state index in [9.17, 15) is 4.79 Å². The summed E-state index contributed by atoms with van der Waals surface area (Å²) >= 11 is 0. The fraction of sp³-hybridized carbons (Fsp3) is 0.923. The van der Waals surface area contributed by atoms with E-state index in [0.717, 1.165) is 12.3 Å². The van der Waals surface area contributed by atoms with E-state index in [2.05, 4.69) is 0 Å². The number of aliphatic hydroxyl groups is 1. The Balaban J connectivity index is 1.71. The molecule has 0 spiro atoms. The standard InChI is InChI=1S/C13H23NO3/c15-10-12-9-14(7-8-17-12)13(16)6-5-11-3-1-2-4-11/h11-12,15H,1-10H2. The van der Waals surface area contributed by atoms with E-state index in [1.54, 1.807) is 0 Å². The molecule has 1 saturated heterocycles. The summed E-state index contributed by atoms with van der Waals surface area (Å²) in [4.78, 5) is 13.9. The molecule has 4 nitrogen and oxygen atoms in total. The van der Waals surface area contributed by atoms with Gasteiger partial charge in [0, 0.05) is 19.5 Å². The largest absolute Gasteiger partial charge is 0.394 e. The number of ether oxygens (including phenoxy) is 1. The van der Waals surface area contributed by atoms with Crippen LogP contribution in [0.5, 0.6) is 0 Å². The predicted octanol–water partition coefficient (Wildman–Crippen LogP) is 1.18. The van der Waals surface area contributed by atoms with Crippen LogP contribution >= 0.6 is 0 Å². The third-order valence-electron chi connectivity index (χ3n) is 3.94. The first-order chi connectivity index (χ1) is 8.29. The van der Waals surface area contributed by atoms with Crippen molar-refractivity contribution in [3.8, 4) is 0 Å². The molecule has 2 fully saturated rings. The van der Waals surface area contributed by atoms with Gasteiger partial charge in [-0.15, -0.1) is 0 Å². The average Bonchev–Trinajstić information content (AvgIpc) is 2.89. The summed E-state index contributed by atoms with van der Waals surface area (Å²) in [6, 6.07) is 0. The second-order valence-corrected chi connectivity index (χ2v) is 5.20. The van der Waals surface area contributed by atoms with Crippen LogP contribution in [0.25, 0.3) is 0 Å². The number of nitrogens with zero attached hydrogens (tertiary/aromatic N) is 1. The summed E-state index contributed by atoms with van der Waals surface area (Å²) in [5.41, 5.74) is 0. The Morgan fingerprint density at radius 3 is 2.82 bits per heavy atom. The molecule has 1 unspecified atom stereocenters. The van der Waals surface area contributed by atoms with E-state index in [1.165, 1.54) is 25.7 Å². The van der Waals surface area contributed by atoms with E-state index < -0.39 is 0 Å². The first-order valence-electron chi connectivity index (χ1n) is 6.80. The minimum atomic E-state index is -0.181. The van der Waals surface area contributed by atoms with Gasteiger partial charge in [0.1, 0.15) is 0 Å². The summed E-state index contributed by atoms with van der Waals surface area (Å²) < 4.78 is 5.34. The van der Waals surface area contributed by atoms with Crippen LogP contribution in [0.3, 0.4) is 0 Å². The highest BCUT2D eigenvalue weighted by Gasteiger charge is 2.24. The lowest BCUT2D eigenvalue weighted by Gasteiger charge is -2.32. The number of carbonyl (C=O) groups excluding carboxylic acids is 1. The fourth-order valence-corrected chi connectivity index (χ4v) is 2.84. The number of amides is 1. The zero-order valence-electron chi connectivity index (χ0n) is 10.4. The minimum absolute atomic E-state index is 0.00635. The van der Waals surface area contributed by atoms with Gasteiger partial charge in [-0.25, -0.2) is 0 Å². The lowest BCUT2D eigenvalue weighted by Crippen LogP contribution is -2.46. The molecule has 0 aromatic rings. The third kappa shape index (κ3) is 3.68. The van der Waals surface area contributed by atoms with Gasteiger partial charge >= 0.3 is 0 Å². The van der Waals surface area contributed by atoms with Gasteiger partial charge in [-0.1, -0.05) is 25.7 Å². The molecule has 0 radical (unpaired) electrons. The maximum atomic E-state index is 12.0. The molecule has 1 heterocycles. The highest BCUT2D eigenvalue weighted by molar-refractivity contribution is 5.76. The van der Waals surface area contributed by atoms with E-state index in [0.29, 0.717) is 26.1 Å². The molecule has 1 aliphatic carbocycles. The van der Waals surface area contributed by atoms with Gasteiger partial charge in [0.15, 0.2) is 0 Å². The average molecular weight is 241 g/mol. The van der Waals surface area contributed by atoms with Gasteiger partial charge in [0.2, 0.25) is 5.91 Å². The Hall–Kier alpha value is -0.610. The van der Waals surface area contributed by atoms with Crippen LogP contribution in [0.1, 0.15) is 38.5 Å². The molecule has 0 bridgehead atoms. The van der Waals surface area contributed by atoms with E-state index >= 15 is 0 Å². The first-order valence-corrected chi connectivity index (χ1v) is 6.80. The van der Waals surface area contributed by atoms with Crippen molar-refractivity contribution < 1.29 is 14.6 Å². The maximum Gasteiger partial charge on any atom is 0.222 e. The highest BCUT2D eigenvalue weighted by Crippen LogP contribution is 2.28. The second-order valence-electron chi connectivity index (χ2n) is 5.20. The highest BCUT2D eigenvalue weighted by atomic mass is 16.5.